The van der Waals surface area contributed by atoms with E-state index in [1.165, 1.54) is 6.20 Å². The summed E-state index contributed by atoms with van der Waals surface area (Å²) in [5.41, 5.74) is 1.29. The van der Waals surface area contributed by atoms with Crippen molar-refractivity contribution in [1.82, 2.24) is 40.0 Å². The first-order chi connectivity index (χ1) is 28.5. The molecule has 0 aliphatic carbocycles. The molecule has 2 atom stereocenters. The number of benzene rings is 1. The number of hydrogen-bond acceptors (Lipinski definition) is 11. The number of amides is 4. The maximum absolute atomic E-state index is 14.0. The second kappa shape index (κ2) is 16.0. The number of anilines is 2. The Morgan fingerprint density at radius 3 is 2.37 bits per heavy atom. The van der Waals surface area contributed by atoms with Crippen LogP contribution in [0.5, 0.6) is 0 Å². The van der Waals surface area contributed by atoms with Crippen LogP contribution in [0.25, 0.3) is 22.3 Å². The molecule has 8 heterocycles. The third-order valence-electron chi connectivity index (χ3n) is 12.9. The van der Waals surface area contributed by atoms with Gasteiger partial charge in [-0.2, -0.15) is 13.2 Å². The predicted molar refractivity (Wildman–Crippen MR) is 212 cm³/mol. The first kappa shape index (κ1) is 39.1. The van der Waals surface area contributed by atoms with Gasteiger partial charge in [0.05, 0.1) is 16.8 Å². The number of H-pyrrole nitrogens is 1. The van der Waals surface area contributed by atoms with E-state index in [2.05, 4.69) is 45.3 Å². The molecule has 1 aromatic carbocycles. The van der Waals surface area contributed by atoms with Crippen molar-refractivity contribution in [3.63, 3.8) is 0 Å². The van der Waals surface area contributed by atoms with Crippen molar-refractivity contribution in [1.29, 1.82) is 0 Å². The van der Waals surface area contributed by atoms with Gasteiger partial charge in [-0.3, -0.25) is 29.4 Å². The van der Waals surface area contributed by atoms with E-state index >= 15 is 0 Å². The topological polar surface area (TPSA) is 160 Å². The van der Waals surface area contributed by atoms with Crippen LogP contribution in [-0.4, -0.2) is 123 Å². The second-order valence-electron chi connectivity index (χ2n) is 16.6. The van der Waals surface area contributed by atoms with E-state index < -0.39 is 41.4 Å². The van der Waals surface area contributed by atoms with Gasteiger partial charge in [-0.1, -0.05) is 0 Å². The van der Waals surface area contributed by atoms with Gasteiger partial charge in [0.15, 0.2) is 0 Å². The number of rotatable bonds is 10. The number of nitrogens with zero attached hydrogens (tertiary/aromatic N) is 7. The highest BCUT2D eigenvalue weighted by Crippen LogP contribution is 2.39. The molecule has 310 valence electrons. The highest BCUT2D eigenvalue weighted by molar-refractivity contribution is 6.23. The number of nitrogens with one attached hydrogen (secondary N) is 3. The van der Waals surface area contributed by atoms with Crippen LogP contribution >= 0.6 is 0 Å². The van der Waals surface area contributed by atoms with Crippen molar-refractivity contribution in [2.75, 3.05) is 62.6 Å². The summed E-state index contributed by atoms with van der Waals surface area (Å²) in [6.07, 6.45) is 5.97. The quantitative estimate of drug-likeness (QED) is 0.186. The lowest BCUT2D eigenvalue weighted by molar-refractivity contribution is -0.138. The van der Waals surface area contributed by atoms with E-state index in [1.54, 1.807) is 30.5 Å². The van der Waals surface area contributed by atoms with Gasteiger partial charge < -0.3 is 25.0 Å². The number of halogens is 3. The van der Waals surface area contributed by atoms with Gasteiger partial charge in [0.25, 0.3) is 11.8 Å². The molecule has 4 aromatic rings. The predicted octanol–water partition coefficient (Wildman–Crippen LogP) is 4.94. The third-order valence-corrected chi connectivity index (χ3v) is 12.9. The zero-order valence-electron chi connectivity index (χ0n) is 32.6. The highest BCUT2D eigenvalue weighted by Gasteiger charge is 2.45. The van der Waals surface area contributed by atoms with Crippen LogP contribution in [0.15, 0.2) is 48.9 Å². The zero-order valence-corrected chi connectivity index (χ0v) is 32.6. The largest absolute Gasteiger partial charge is 0.419 e. The van der Waals surface area contributed by atoms with Crippen molar-refractivity contribution in [2.24, 2.45) is 11.8 Å². The number of hydrogen-bond donors (Lipinski definition) is 3. The Labute approximate surface area is 338 Å². The number of imide groups is 2. The Bertz CT molecular complexity index is 2270. The lowest BCUT2D eigenvalue weighted by Crippen LogP contribution is -2.54. The van der Waals surface area contributed by atoms with Crippen LogP contribution in [-0.2, 0) is 15.8 Å². The van der Waals surface area contributed by atoms with Gasteiger partial charge in [-0.05, 0) is 107 Å². The fourth-order valence-electron chi connectivity index (χ4n) is 9.57. The van der Waals surface area contributed by atoms with E-state index in [4.69, 9.17) is 0 Å². The second-order valence-corrected chi connectivity index (χ2v) is 16.6. The number of aromatic nitrogens is 4. The molecule has 3 N–H and O–H groups in total. The van der Waals surface area contributed by atoms with E-state index in [0.717, 1.165) is 108 Å². The molecule has 0 spiro atoms. The SMILES string of the molecule is O=C1CCC(N2C(=O)c3ccc(N4CCC(CN5CCC(CCN6CCC(Nc7ncc(C(F)(F)F)c(-c8c[nH]c9ncccc89)n7)C6)CC5)CC4)cc3C2=O)C(=O)N1. The van der Waals surface area contributed by atoms with Crippen LogP contribution in [0.4, 0.5) is 24.8 Å². The van der Waals surface area contributed by atoms with Gasteiger partial charge in [-0.25, -0.2) is 15.0 Å². The van der Waals surface area contributed by atoms with Gasteiger partial charge in [0, 0.05) is 80.4 Å². The average Bonchev–Trinajstić information content (AvgIpc) is 3.93. The van der Waals surface area contributed by atoms with Crippen molar-refractivity contribution in [3.8, 4) is 11.3 Å². The standard InChI is InChI=1S/C42H47F3N10O4/c43-42(44,45)33-22-48-41(51-36(33)32-21-47-37-29(32)2-1-13-46-37)49-27-12-17-53(24-27)16-9-25-7-14-52(15-8-25)23-26-10-18-54(19-11-26)28-3-4-30-31(20-28)40(59)55(39(30)58)34-5-6-35(56)50-38(34)57/h1-4,13,20-22,25-27,34H,5-12,14-19,23-24H2,(H,46,47)(H,48,49,51)(H,50,56,57). The van der Waals surface area contributed by atoms with Crippen molar-refractivity contribution >= 4 is 46.3 Å². The minimum Gasteiger partial charge on any atom is -0.371 e. The highest BCUT2D eigenvalue weighted by atomic mass is 19.4. The van der Waals surface area contributed by atoms with Gasteiger partial charge in [0.1, 0.15) is 17.3 Å². The minimum atomic E-state index is -4.61. The summed E-state index contributed by atoms with van der Waals surface area (Å²) in [5, 5.41) is 6.12. The Balaban J connectivity index is 0.710. The Morgan fingerprint density at radius 2 is 1.59 bits per heavy atom. The first-order valence-corrected chi connectivity index (χ1v) is 20.7. The van der Waals surface area contributed by atoms with Crippen molar-refractivity contribution in [3.05, 3.63) is 65.6 Å². The lowest BCUT2D eigenvalue weighted by atomic mass is 9.91. The molecule has 5 aliphatic heterocycles. The summed E-state index contributed by atoms with van der Waals surface area (Å²) in [6.45, 7) is 7.65. The maximum atomic E-state index is 14.0. The van der Waals surface area contributed by atoms with Crippen molar-refractivity contribution < 1.29 is 32.3 Å². The summed E-state index contributed by atoms with van der Waals surface area (Å²) >= 11 is 0. The Morgan fingerprint density at radius 1 is 0.831 bits per heavy atom. The number of likely N-dealkylation sites (tertiary alicyclic amines) is 2. The molecule has 9 rings (SSSR count). The van der Waals surface area contributed by atoms with E-state index in [9.17, 15) is 32.3 Å². The molecule has 59 heavy (non-hydrogen) atoms. The summed E-state index contributed by atoms with van der Waals surface area (Å²) in [6, 6.07) is 7.83. The zero-order chi connectivity index (χ0) is 40.8. The van der Waals surface area contributed by atoms with Gasteiger partial charge in [-0.15, -0.1) is 0 Å². The molecule has 4 fully saturated rings. The average molecular weight is 813 g/mol. The number of aromatic amines is 1. The number of carbonyl (C=O) groups excluding carboxylic acids is 4. The van der Waals surface area contributed by atoms with Crippen LogP contribution < -0.4 is 15.5 Å². The summed E-state index contributed by atoms with van der Waals surface area (Å²) in [5.74, 6) is -0.544. The smallest absolute Gasteiger partial charge is 0.371 e. The number of fused-ring (bicyclic) bond motifs is 2. The van der Waals surface area contributed by atoms with Crippen LogP contribution in [0, 0.1) is 11.8 Å². The summed E-state index contributed by atoms with van der Waals surface area (Å²) < 4.78 is 42.0. The van der Waals surface area contributed by atoms with Crippen LogP contribution in [0.1, 0.15) is 77.6 Å². The molecule has 4 amide bonds. The molecule has 14 nitrogen and oxygen atoms in total. The monoisotopic (exact) mass is 812 g/mol. The molecule has 4 saturated heterocycles. The minimum absolute atomic E-state index is 0.0437. The number of piperidine rings is 3. The molecule has 5 aliphatic rings. The molecular formula is C42H47F3N10O4. The van der Waals surface area contributed by atoms with Gasteiger partial charge in [0.2, 0.25) is 17.8 Å². The van der Waals surface area contributed by atoms with Crippen LogP contribution in [0.2, 0.25) is 0 Å². The molecular weight excluding hydrogens is 766 g/mol. The molecule has 0 radical (unpaired) electrons. The summed E-state index contributed by atoms with van der Waals surface area (Å²) in [4.78, 5) is 74.4. The number of carbonyl (C=O) groups is 4. The Kier molecular flexibility index (Phi) is 10.6. The lowest BCUT2D eigenvalue weighted by Gasteiger charge is -2.38. The van der Waals surface area contributed by atoms with E-state index in [0.29, 0.717) is 39.6 Å². The number of alkyl halides is 3. The van der Waals surface area contributed by atoms with E-state index in [-0.39, 0.29) is 30.5 Å². The normalized spacial score (nSPS) is 22.8. The Hall–Kier alpha value is -5.42. The van der Waals surface area contributed by atoms with E-state index in [1.807, 2.05) is 6.07 Å². The fourth-order valence-corrected chi connectivity index (χ4v) is 9.57. The molecule has 17 heteroatoms. The third kappa shape index (κ3) is 8.01. The molecule has 3 aromatic heterocycles. The first-order valence-electron chi connectivity index (χ1n) is 20.7. The van der Waals surface area contributed by atoms with Gasteiger partial charge >= 0.3 is 6.18 Å². The maximum Gasteiger partial charge on any atom is 0.419 e. The molecule has 2 unspecified atom stereocenters. The molecule has 0 bridgehead atoms. The van der Waals surface area contributed by atoms with Crippen LogP contribution in [0.3, 0.4) is 0 Å². The van der Waals surface area contributed by atoms with Crippen molar-refractivity contribution in [2.45, 2.75) is 69.6 Å². The number of pyridine rings is 1. The fraction of sp³-hybridized carbons (Fsp3) is 0.500. The summed E-state index contributed by atoms with van der Waals surface area (Å²) in [7, 11) is 0. The molecule has 0 saturated carbocycles.